The van der Waals surface area contributed by atoms with E-state index >= 15 is 0 Å². The van der Waals surface area contributed by atoms with Gasteiger partial charge in [-0.2, -0.15) is 4.98 Å². The topological polar surface area (TPSA) is 72.1 Å². The summed E-state index contributed by atoms with van der Waals surface area (Å²) in [5, 5.41) is 4.09. The third kappa shape index (κ3) is 3.03. The lowest BCUT2D eigenvalue weighted by molar-refractivity contribution is 0.0780. The maximum absolute atomic E-state index is 12.6. The van der Waals surface area contributed by atoms with Crippen LogP contribution in [0.3, 0.4) is 0 Å². The van der Waals surface area contributed by atoms with E-state index in [2.05, 4.69) is 22.0 Å². The predicted octanol–water partition coefficient (Wildman–Crippen LogP) is 3.01. The summed E-state index contributed by atoms with van der Waals surface area (Å²) in [5.41, 5.74) is 1.38. The monoisotopic (exact) mass is 334 g/mol. The molecule has 4 rings (SSSR count). The largest absolute Gasteiger partial charge is 0.339 e. The molecule has 0 bridgehead atoms. The number of benzene rings is 1. The summed E-state index contributed by atoms with van der Waals surface area (Å²) < 4.78 is 5.49. The second kappa shape index (κ2) is 6.47. The number of likely N-dealkylation sites (tertiary alicyclic amines) is 1. The molecule has 1 saturated heterocycles. The van der Waals surface area contributed by atoms with E-state index in [-0.39, 0.29) is 17.7 Å². The molecule has 0 N–H and O–H groups in total. The normalized spacial score (nSPS) is 20.0. The highest BCUT2D eigenvalue weighted by molar-refractivity contribution is 5.92. The summed E-state index contributed by atoms with van der Waals surface area (Å²) in [4.78, 5) is 23.1. The van der Waals surface area contributed by atoms with Crippen LogP contribution in [0.5, 0.6) is 0 Å². The molecule has 1 amide bonds. The zero-order chi connectivity index (χ0) is 17.2. The molecular weight excluding hydrogens is 316 g/mol. The number of hydrogen-bond donors (Lipinski definition) is 0. The number of rotatable bonds is 3. The van der Waals surface area contributed by atoms with Gasteiger partial charge in [-0.25, -0.2) is 0 Å². The Morgan fingerprint density at radius 1 is 1.12 bits per heavy atom. The van der Waals surface area contributed by atoms with Crippen molar-refractivity contribution in [2.24, 2.45) is 5.92 Å². The first-order valence-corrected chi connectivity index (χ1v) is 8.31. The van der Waals surface area contributed by atoms with Crippen LogP contribution in [0.2, 0.25) is 0 Å². The van der Waals surface area contributed by atoms with Gasteiger partial charge in [-0.15, -0.1) is 0 Å². The third-order valence-corrected chi connectivity index (χ3v) is 4.57. The van der Waals surface area contributed by atoms with Crippen LogP contribution in [0.25, 0.3) is 11.4 Å². The van der Waals surface area contributed by atoms with Gasteiger partial charge in [0.25, 0.3) is 5.91 Å². The molecule has 0 spiro atoms. The van der Waals surface area contributed by atoms with Gasteiger partial charge in [-0.3, -0.25) is 9.78 Å². The average Bonchev–Trinajstić information content (AvgIpc) is 3.29. The molecule has 6 heteroatoms. The molecule has 0 radical (unpaired) electrons. The van der Waals surface area contributed by atoms with E-state index in [1.165, 1.54) is 0 Å². The van der Waals surface area contributed by atoms with E-state index in [0.717, 1.165) is 5.56 Å². The smallest absolute Gasteiger partial charge is 0.272 e. The van der Waals surface area contributed by atoms with Gasteiger partial charge >= 0.3 is 0 Å². The number of carbonyl (C=O) groups excluding carboxylic acids is 1. The number of aromatic nitrogens is 3. The molecule has 25 heavy (non-hydrogen) atoms. The highest BCUT2D eigenvalue weighted by Crippen LogP contribution is 2.33. The van der Waals surface area contributed by atoms with Crippen molar-refractivity contribution in [3.05, 3.63) is 66.3 Å². The van der Waals surface area contributed by atoms with Crippen LogP contribution in [0, 0.1) is 5.92 Å². The number of carbonyl (C=O) groups is 1. The highest BCUT2D eigenvalue weighted by atomic mass is 16.5. The molecule has 0 saturated carbocycles. The minimum atomic E-state index is -0.0576. The van der Waals surface area contributed by atoms with Gasteiger partial charge in [0, 0.05) is 24.8 Å². The van der Waals surface area contributed by atoms with Gasteiger partial charge in [0.05, 0.1) is 5.92 Å². The Morgan fingerprint density at radius 2 is 1.92 bits per heavy atom. The Labute approximate surface area is 145 Å². The van der Waals surface area contributed by atoms with Crippen LogP contribution < -0.4 is 0 Å². The van der Waals surface area contributed by atoms with Crippen molar-refractivity contribution in [2.75, 3.05) is 13.1 Å². The Bertz CT molecular complexity index is 863. The zero-order valence-corrected chi connectivity index (χ0v) is 13.9. The van der Waals surface area contributed by atoms with Crippen molar-refractivity contribution in [1.29, 1.82) is 0 Å². The van der Waals surface area contributed by atoms with E-state index in [9.17, 15) is 4.79 Å². The molecule has 1 fully saturated rings. The van der Waals surface area contributed by atoms with Gasteiger partial charge in [-0.05, 0) is 18.1 Å². The van der Waals surface area contributed by atoms with Crippen molar-refractivity contribution in [3.8, 4) is 11.4 Å². The van der Waals surface area contributed by atoms with Crippen LogP contribution in [-0.4, -0.2) is 39.0 Å². The Balaban J connectivity index is 1.52. The lowest BCUT2D eigenvalue weighted by Gasteiger charge is -2.14. The minimum absolute atomic E-state index is 0.0395. The quantitative estimate of drug-likeness (QED) is 0.736. The van der Waals surface area contributed by atoms with Crippen LogP contribution in [-0.2, 0) is 0 Å². The van der Waals surface area contributed by atoms with Crippen molar-refractivity contribution in [2.45, 2.75) is 12.8 Å². The number of nitrogens with zero attached hydrogens (tertiary/aromatic N) is 4. The fraction of sp³-hybridized carbons (Fsp3) is 0.263. The molecule has 2 atom stereocenters. The maximum Gasteiger partial charge on any atom is 0.272 e. The molecule has 0 aliphatic carbocycles. The third-order valence-electron chi connectivity index (χ3n) is 4.57. The van der Waals surface area contributed by atoms with E-state index in [1.807, 2.05) is 41.3 Å². The second-order valence-electron chi connectivity index (χ2n) is 6.33. The first-order chi connectivity index (χ1) is 12.2. The Hall–Kier alpha value is -3.02. The van der Waals surface area contributed by atoms with Gasteiger partial charge in [0.2, 0.25) is 11.7 Å². The van der Waals surface area contributed by atoms with Crippen molar-refractivity contribution < 1.29 is 9.32 Å². The summed E-state index contributed by atoms with van der Waals surface area (Å²) in [6, 6.07) is 15.1. The molecule has 6 nitrogen and oxygen atoms in total. The fourth-order valence-electron chi connectivity index (χ4n) is 3.20. The highest BCUT2D eigenvalue weighted by Gasteiger charge is 2.37. The van der Waals surface area contributed by atoms with E-state index < -0.39 is 0 Å². The number of pyridine rings is 1. The van der Waals surface area contributed by atoms with Crippen molar-refractivity contribution >= 4 is 5.91 Å². The molecule has 1 aliphatic heterocycles. The van der Waals surface area contributed by atoms with Gasteiger partial charge in [0.1, 0.15) is 5.69 Å². The summed E-state index contributed by atoms with van der Waals surface area (Å²) in [6.07, 6.45) is 1.63. The summed E-state index contributed by atoms with van der Waals surface area (Å²) in [7, 11) is 0. The molecule has 126 valence electrons. The van der Waals surface area contributed by atoms with Gasteiger partial charge in [-0.1, -0.05) is 48.5 Å². The maximum atomic E-state index is 12.6. The summed E-state index contributed by atoms with van der Waals surface area (Å²) in [6.45, 7) is 3.32. The molecule has 2 unspecified atom stereocenters. The van der Waals surface area contributed by atoms with Gasteiger partial charge in [0.15, 0.2) is 0 Å². The Kier molecular flexibility index (Phi) is 4.01. The fourth-order valence-corrected chi connectivity index (χ4v) is 3.20. The lowest BCUT2D eigenvalue weighted by atomic mass is 9.98. The SMILES string of the molecule is CC1CN(C(=O)c2ccccn2)CC1c1nc(-c2ccccc2)no1. The number of amides is 1. The van der Waals surface area contributed by atoms with E-state index in [1.54, 1.807) is 18.3 Å². The molecule has 3 heterocycles. The van der Waals surface area contributed by atoms with Crippen LogP contribution in [0.1, 0.15) is 29.2 Å². The molecule has 3 aromatic rings. The van der Waals surface area contributed by atoms with Gasteiger partial charge < -0.3 is 9.42 Å². The molecule has 1 aliphatic rings. The predicted molar refractivity (Wildman–Crippen MR) is 91.8 cm³/mol. The first-order valence-electron chi connectivity index (χ1n) is 8.31. The Morgan fingerprint density at radius 3 is 2.68 bits per heavy atom. The van der Waals surface area contributed by atoms with Crippen LogP contribution in [0.4, 0.5) is 0 Å². The molecule has 1 aromatic carbocycles. The minimum Gasteiger partial charge on any atom is -0.339 e. The van der Waals surface area contributed by atoms with Crippen molar-refractivity contribution in [1.82, 2.24) is 20.0 Å². The van der Waals surface area contributed by atoms with E-state index in [0.29, 0.717) is 30.5 Å². The lowest BCUT2D eigenvalue weighted by Crippen LogP contribution is -2.29. The van der Waals surface area contributed by atoms with Crippen LogP contribution in [0.15, 0.2) is 59.3 Å². The summed E-state index contributed by atoms with van der Waals surface area (Å²) in [5.74, 6) is 1.40. The van der Waals surface area contributed by atoms with Crippen molar-refractivity contribution in [3.63, 3.8) is 0 Å². The zero-order valence-electron chi connectivity index (χ0n) is 13.9. The molecular formula is C19H18N4O2. The molecule has 2 aromatic heterocycles. The number of hydrogen-bond acceptors (Lipinski definition) is 5. The average molecular weight is 334 g/mol. The second-order valence-corrected chi connectivity index (χ2v) is 6.33. The standard InChI is InChI=1S/C19H18N4O2/c1-13-11-23(19(24)16-9-5-6-10-20-16)12-15(13)18-21-17(22-25-18)14-7-3-2-4-8-14/h2-10,13,15H,11-12H2,1H3. The van der Waals surface area contributed by atoms with Crippen LogP contribution >= 0.6 is 0 Å². The first kappa shape index (κ1) is 15.5. The van der Waals surface area contributed by atoms with E-state index in [4.69, 9.17) is 4.52 Å². The summed E-state index contributed by atoms with van der Waals surface area (Å²) >= 11 is 0.